The first-order valence-corrected chi connectivity index (χ1v) is 7.34. The van der Waals surface area contributed by atoms with Crippen LogP contribution in [-0.4, -0.2) is 45.2 Å². The fraction of sp³-hybridized carbons (Fsp3) is 0.467. The number of esters is 1. The van der Waals surface area contributed by atoms with Gasteiger partial charge in [0.1, 0.15) is 23.6 Å². The van der Waals surface area contributed by atoms with E-state index in [1.165, 1.54) is 13.4 Å². The second kappa shape index (κ2) is 6.73. The molecule has 0 aliphatic heterocycles. The number of nitrogens with two attached hydrogens (primary N) is 1. The van der Waals surface area contributed by atoms with Gasteiger partial charge in [-0.3, -0.25) is 4.40 Å². The van der Waals surface area contributed by atoms with Gasteiger partial charge in [-0.15, -0.1) is 0 Å². The molecule has 2 aromatic heterocycles. The van der Waals surface area contributed by atoms with Crippen LogP contribution in [0.5, 0.6) is 0 Å². The lowest BCUT2D eigenvalue weighted by molar-refractivity contribution is -0.143. The van der Waals surface area contributed by atoms with E-state index in [2.05, 4.69) is 15.3 Å². The maximum Gasteiger partial charge on any atom is 0.408 e. The third kappa shape index (κ3) is 4.34. The Kier molecular flexibility index (Phi) is 4.91. The second-order valence-electron chi connectivity index (χ2n) is 6.23. The second-order valence-corrected chi connectivity index (χ2v) is 6.23. The standard InChI is InChI=1S/C15H21N5O4/c1-15(2,3)24-14(22)19-10(12(21)23-4)5-9-6-11-17-8-18-13(16)20(11)7-9/h6-8,10H,5H2,1-4H3,(H,19,22)(H2,16,17,18)/t10-/m0/s1. The van der Waals surface area contributed by atoms with Crippen LogP contribution in [0.15, 0.2) is 18.6 Å². The number of hydrogen-bond acceptors (Lipinski definition) is 7. The van der Waals surface area contributed by atoms with E-state index in [1.54, 1.807) is 37.4 Å². The van der Waals surface area contributed by atoms with Crippen molar-refractivity contribution in [3.63, 3.8) is 0 Å². The van der Waals surface area contributed by atoms with Crippen LogP contribution in [0.2, 0.25) is 0 Å². The Labute approximate surface area is 139 Å². The molecule has 24 heavy (non-hydrogen) atoms. The average Bonchev–Trinajstić information content (AvgIpc) is 2.88. The van der Waals surface area contributed by atoms with Crippen LogP contribution in [-0.2, 0) is 20.7 Å². The highest BCUT2D eigenvalue weighted by atomic mass is 16.6. The topological polar surface area (TPSA) is 121 Å². The monoisotopic (exact) mass is 335 g/mol. The molecule has 0 unspecified atom stereocenters. The molecule has 130 valence electrons. The minimum Gasteiger partial charge on any atom is -0.467 e. The van der Waals surface area contributed by atoms with Crippen molar-refractivity contribution in [1.29, 1.82) is 0 Å². The summed E-state index contributed by atoms with van der Waals surface area (Å²) in [5, 5.41) is 2.52. The van der Waals surface area contributed by atoms with Crippen molar-refractivity contribution in [2.75, 3.05) is 12.8 Å². The van der Waals surface area contributed by atoms with Crippen molar-refractivity contribution in [2.45, 2.75) is 38.8 Å². The summed E-state index contributed by atoms with van der Waals surface area (Å²) in [6, 6.07) is 0.863. The van der Waals surface area contributed by atoms with Crippen LogP contribution in [0.4, 0.5) is 10.7 Å². The van der Waals surface area contributed by atoms with Crippen LogP contribution < -0.4 is 11.1 Å². The van der Waals surface area contributed by atoms with Crippen molar-refractivity contribution >= 4 is 23.7 Å². The van der Waals surface area contributed by atoms with Gasteiger partial charge in [-0.2, -0.15) is 0 Å². The number of fused-ring (bicyclic) bond motifs is 1. The number of alkyl carbamates (subject to hydrolysis) is 1. The van der Waals surface area contributed by atoms with Crippen LogP contribution >= 0.6 is 0 Å². The molecule has 0 aliphatic rings. The van der Waals surface area contributed by atoms with Crippen molar-refractivity contribution in [3.8, 4) is 0 Å². The quantitative estimate of drug-likeness (QED) is 0.797. The number of aromatic nitrogens is 3. The highest BCUT2D eigenvalue weighted by molar-refractivity contribution is 5.81. The third-order valence-corrected chi connectivity index (χ3v) is 3.10. The zero-order chi connectivity index (χ0) is 17.9. The molecule has 9 nitrogen and oxygen atoms in total. The van der Waals surface area contributed by atoms with Crippen molar-refractivity contribution in [2.24, 2.45) is 0 Å². The molecule has 0 spiro atoms. The van der Waals surface area contributed by atoms with Crippen LogP contribution in [0.1, 0.15) is 26.3 Å². The van der Waals surface area contributed by atoms with E-state index in [4.69, 9.17) is 15.2 Å². The molecule has 0 aromatic carbocycles. The molecular formula is C15H21N5O4. The Morgan fingerprint density at radius 3 is 2.67 bits per heavy atom. The average molecular weight is 335 g/mol. The summed E-state index contributed by atoms with van der Waals surface area (Å²) < 4.78 is 11.5. The lowest BCUT2D eigenvalue weighted by Gasteiger charge is -2.22. The fourth-order valence-corrected chi connectivity index (χ4v) is 2.13. The molecule has 1 amide bonds. The number of carbonyl (C=O) groups excluding carboxylic acids is 2. The highest BCUT2D eigenvalue weighted by Gasteiger charge is 2.25. The molecule has 3 N–H and O–H groups in total. The molecular weight excluding hydrogens is 314 g/mol. The predicted octanol–water partition coefficient (Wildman–Crippen LogP) is 0.920. The molecule has 9 heteroatoms. The minimum absolute atomic E-state index is 0.203. The lowest BCUT2D eigenvalue weighted by Crippen LogP contribution is -2.45. The Morgan fingerprint density at radius 2 is 2.08 bits per heavy atom. The molecule has 1 atom stereocenters. The Hall–Kier alpha value is -2.84. The highest BCUT2D eigenvalue weighted by Crippen LogP contribution is 2.13. The fourth-order valence-electron chi connectivity index (χ4n) is 2.13. The van der Waals surface area contributed by atoms with Crippen molar-refractivity contribution < 1.29 is 19.1 Å². The summed E-state index contributed by atoms with van der Waals surface area (Å²) in [7, 11) is 1.26. The van der Waals surface area contributed by atoms with E-state index in [1.807, 2.05) is 0 Å². The van der Waals surface area contributed by atoms with Gasteiger partial charge in [0.05, 0.1) is 7.11 Å². The van der Waals surface area contributed by atoms with Gasteiger partial charge in [-0.25, -0.2) is 19.6 Å². The molecule has 0 aliphatic carbocycles. The van der Waals surface area contributed by atoms with Gasteiger partial charge in [0.25, 0.3) is 0 Å². The number of amides is 1. The normalized spacial score (nSPS) is 12.7. The Bertz CT molecular complexity index is 750. The van der Waals surface area contributed by atoms with Gasteiger partial charge < -0.3 is 20.5 Å². The number of rotatable bonds is 4. The number of nitrogens with one attached hydrogen (secondary N) is 1. The summed E-state index contributed by atoms with van der Waals surface area (Å²) in [5.74, 6) is -0.295. The van der Waals surface area contributed by atoms with Gasteiger partial charge in [-0.1, -0.05) is 0 Å². The summed E-state index contributed by atoms with van der Waals surface area (Å²) in [5.41, 5.74) is 6.44. The van der Waals surface area contributed by atoms with E-state index >= 15 is 0 Å². The van der Waals surface area contributed by atoms with E-state index in [9.17, 15) is 9.59 Å². The van der Waals surface area contributed by atoms with Gasteiger partial charge in [0.2, 0.25) is 5.95 Å². The van der Waals surface area contributed by atoms with Crippen LogP contribution in [0, 0.1) is 0 Å². The van der Waals surface area contributed by atoms with Gasteiger partial charge in [0, 0.05) is 12.6 Å². The Balaban J connectivity index is 2.17. The first-order valence-electron chi connectivity index (χ1n) is 7.34. The van der Waals surface area contributed by atoms with E-state index in [0.29, 0.717) is 5.65 Å². The first-order chi connectivity index (χ1) is 11.2. The van der Waals surface area contributed by atoms with E-state index in [0.717, 1.165) is 5.56 Å². The molecule has 2 aromatic rings. The molecule has 2 rings (SSSR count). The lowest BCUT2D eigenvalue weighted by atomic mass is 10.1. The molecule has 0 saturated carbocycles. The largest absolute Gasteiger partial charge is 0.467 e. The first kappa shape index (κ1) is 17.5. The number of nitrogens with zero attached hydrogens (tertiary/aromatic N) is 3. The summed E-state index contributed by atoms with van der Waals surface area (Å²) >= 11 is 0. The van der Waals surface area contributed by atoms with Gasteiger partial charge in [0.15, 0.2) is 0 Å². The third-order valence-electron chi connectivity index (χ3n) is 3.10. The number of hydrogen-bond donors (Lipinski definition) is 2. The van der Waals surface area contributed by atoms with Gasteiger partial charge >= 0.3 is 12.1 Å². The molecule has 0 saturated heterocycles. The number of nitrogen functional groups attached to an aromatic ring is 1. The van der Waals surface area contributed by atoms with E-state index in [-0.39, 0.29) is 12.4 Å². The molecule has 2 heterocycles. The summed E-state index contributed by atoms with van der Waals surface area (Å²) in [6.07, 6.45) is 2.57. The number of anilines is 1. The molecule has 0 fully saturated rings. The SMILES string of the molecule is COC(=O)[C@H](Cc1cc2ncnc(N)n2c1)NC(=O)OC(C)(C)C. The van der Waals surface area contributed by atoms with Crippen LogP contribution in [0.25, 0.3) is 5.65 Å². The van der Waals surface area contributed by atoms with Crippen molar-refractivity contribution in [1.82, 2.24) is 19.7 Å². The maximum absolute atomic E-state index is 11.9. The summed E-state index contributed by atoms with van der Waals surface area (Å²) in [6.45, 7) is 5.21. The summed E-state index contributed by atoms with van der Waals surface area (Å²) in [4.78, 5) is 31.8. The zero-order valence-electron chi connectivity index (χ0n) is 14.1. The van der Waals surface area contributed by atoms with Gasteiger partial charge in [-0.05, 0) is 32.4 Å². The number of methoxy groups -OCH3 is 1. The Morgan fingerprint density at radius 1 is 1.38 bits per heavy atom. The molecule has 0 bridgehead atoms. The minimum atomic E-state index is -0.892. The van der Waals surface area contributed by atoms with Crippen LogP contribution in [0.3, 0.4) is 0 Å². The molecule has 0 radical (unpaired) electrons. The van der Waals surface area contributed by atoms with Crippen molar-refractivity contribution in [3.05, 3.63) is 24.2 Å². The number of carbonyl (C=O) groups is 2. The number of ether oxygens (including phenoxy) is 2. The zero-order valence-corrected chi connectivity index (χ0v) is 14.1. The predicted molar refractivity (Wildman–Crippen MR) is 86.3 cm³/mol. The smallest absolute Gasteiger partial charge is 0.408 e. The maximum atomic E-state index is 11.9. The van der Waals surface area contributed by atoms with E-state index < -0.39 is 23.7 Å².